The first kappa shape index (κ1) is 16.8. The van der Waals surface area contributed by atoms with Gasteiger partial charge in [0.05, 0.1) is 13.7 Å². The third kappa shape index (κ3) is 2.91. The first-order valence-electron chi connectivity index (χ1n) is 7.79. The number of nitrogens with zero attached hydrogens (tertiary/aromatic N) is 3. The summed E-state index contributed by atoms with van der Waals surface area (Å²) in [5, 5.41) is 0.302. The summed E-state index contributed by atoms with van der Waals surface area (Å²) >= 11 is 0. The molecule has 0 spiro atoms. The average Bonchev–Trinajstić information content (AvgIpc) is 2.63. The van der Waals surface area contributed by atoms with Crippen LogP contribution < -0.4 is 15.9 Å². The second kappa shape index (κ2) is 6.86. The van der Waals surface area contributed by atoms with Crippen LogP contribution in [0.1, 0.15) is 16.8 Å². The van der Waals surface area contributed by atoms with Gasteiger partial charge in [-0.3, -0.25) is 9.20 Å². The molecule has 0 aliphatic heterocycles. The van der Waals surface area contributed by atoms with Gasteiger partial charge in [0.2, 0.25) is 11.5 Å². The molecule has 0 bridgehead atoms. The maximum atomic E-state index is 12.8. The highest BCUT2D eigenvalue weighted by molar-refractivity contribution is 5.96. The Morgan fingerprint density at radius 2 is 2.16 bits per heavy atom. The van der Waals surface area contributed by atoms with Crippen LogP contribution in [-0.4, -0.2) is 36.2 Å². The van der Waals surface area contributed by atoms with E-state index in [1.54, 1.807) is 36.1 Å². The van der Waals surface area contributed by atoms with Crippen LogP contribution in [0.25, 0.3) is 16.7 Å². The lowest BCUT2D eigenvalue weighted by atomic mass is 10.2. The maximum absolute atomic E-state index is 12.8. The highest BCUT2D eigenvalue weighted by Gasteiger charge is 2.24. The Balaban J connectivity index is 2.36. The van der Waals surface area contributed by atoms with Gasteiger partial charge < -0.3 is 15.2 Å². The Morgan fingerprint density at radius 3 is 2.88 bits per heavy atom. The van der Waals surface area contributed by atoms with Crippen molar-refractivity contribution in [2.24, 2.45) is 0 Å². The number of carbonyl (C=O) groups is 1. The van der Waals surface area contributed by atoms with Gasteiger partial charge in [0.25, 0.3) is 11.2 Å². The number of fused-ring (bicyclic) bond motifs is 2. The summed E-state index contributed by atoms with van der Waals surface area (Å²) in [4.78, 5) is 29.5. The number of aromatic nitrogens is 3. The molecule has 0 aromatic carbocycles. The third-order valence-electron chi connectivity index (χ3n) is 4.00. The summed E-state index contributed by atoms with van der Waals surface area (Å²) in [6.45, 7) is 0.972. The van der Waals surface area contributed by atoms with E-state index in [0.717, 1.165) is 0 Å². The number of ether oxygens (including phenoxy) is 2. The molecule has 130 valence electrons. The molecule has 3 rings (SSSR count). The van der Waals surface area contributed by atoms with Crippen molar-refractivity contribution in [2.75, 3.05) is 26.6 Å². The molecule has 0 radical (unpaired) electrons. The number of hydrogen-bond donors (Lipinski definition) is 1. The van der Waals surface area contributed by atoms with E-state index < -0.39 is 5.97 Å². The lowest BCUT2D eigenvalue weighted by Gasteiger charge is -2.11. The summed E-state index contributed by atoms with van der Waals surface area (Å²) in [6.07, 6.45) is 2.29. The minimum atomic E-state index is -0.600. The standard InChI is InChI=1S/C17H18N4O4/c1-24-9-5-8-21-14(18)11(17(23)25-2)10-12-15(21)19-13-6-3-4-7-20(13)16(12)22/h3-4,6-7,10,18H,5,8-9H2,1-2H3/p+1. The lowest BCUT2D eigenvalue weighted by Crippen LogP contribution is -2.42. The van der Waals surface area contributed by atoms with Crippen LogP contribution in [0.15, 0.2) is 35.3 Å². The largest absolute Gasteiger partial charge is 0.465 e. The number of aryl methyl sites for hydroxylation is 1. The van der Waals surface area contributed by atoms with Crippen LogP contribution in [-0.2, 0) is 16.0 Å². The third-order valence-corrected chi connectivity index (χ3v) is 4.00. The summed E-state index contributed by atoms with van der Waals surface area (Å²) in [5.41, 5.74) is 6.98. The van der Waals surface area contributed by atoms with Gasteiger partial charge in [-0.25, -0.2) is 9.36 Å². The summed E-state index contributed by atoms with van der Waals surface area (Å²) in [7, 11) is 2.88. The second-order valence-corrected chi connectivity index (χ2v) is 5.52. The number of esters is 1. The van der Waals surface area contributed by atoms with Gasteiger partial charge in [-0.1, -0.05) is 11.1 Å². The van der Waals surface area contributed by atoms with Crippen molar-refractivity contribution in [1.82, 2.24) is 9.38 Å². The summed E-state index contributed by atoms with van der Waals surface area (Å²) in [5.74, 6) is -0.389. The molecule has 0 amide bonds. The van der Waals surface area contributed by atoms with Crippen molar-refractivity contribution in [3.8, 4) is 0 Å². The molecule has 0 aliphatic carbocycles. The molecule has 25 heavy (non-hydrogen) atoms. The minimum absolute atomic E-state index is 0.141. The first-order chi connectivity index (χ1) is 12.1. The second-order valence-electron chi connectivity index (χ2n) is 5.52. The molecule has 3 heterocycles. The van der Waals surface area contributed by atoms with Crippen molar-refractivity contribution in [3.63, 3.8) is 0 Å². The smallest absolute Gasteiger partial charge is 0.344 e. The fourth-order valence-corrected chi connectivity index (χ4v) is 2.77. The molecule has 0 aliphatic rings. The number of nitrogens with two attached hydrogens (primary N) is 1. The van der Waals surface area contributed by atoms with E-state index in [-0.39, 0.29) is 16.9 Å². The normalized spacial score (nSPS) is 11.1. The number of anilines is 1. The van der Waals surface area contributed by atoms with E-state index in [1.165, 1.54) is 17.6 Å². The molecule has 0 unspecified atom stereocenters. The predicted octanol–water partition coefficient (Wildman–Crippen LogP) is 0.541. The van der Waals surface area contributed by atoms with E-state index in [2.05, 4.69) is 4.98 Å². The van der Waals surface area contributed by atoms with Gasteiger partial charge in [0.1, 0.15) is 10.9 Å². The van der Waals surface area contributed by atoms with E-state index in [0.29, 0.717) is 36.3 Å². The molecule has 3 aromatic rings. The number of carbonyl (C=O) groups excluding carboxylic acids is 1. The lowest BCUT2D eigenvalue weighted by molar-refractivity contribution is -0.659. The Bertz CT molecular complexity index is 1010. The number of nitrogen functional groups attached to an aromatic ring is 1. The van der Waals surface area contributed by atoms with Crippen molar-refractivity contribution in [2.45, 2.75) is 13.0 Å². The fraction of sp³-hybridized carbons (Fsp3) is 0.294. The Morgan fingerprint density at radius 1 is 1.36 bits per heavy atom. The summed E-state index contributed by atoms with van der Waals surface area (Å²) in [6, 6.07) is 6.73. The molecular weight excluding hydrogens is 324 g/mol. The fourth-order valence-electron chi connectivity index (χ4n) is 2.77. The Kier molecular flexibility index (Phi) is 4.62. The van der Waals surface area contributed by atoms with Gasteiger partial charge in [-0.15, -0.1) is 0 Å². The molecule has 0 atom stereocenters. The van der Waals surface area contributed by atoms with Gasteiger partial charge in [-0.2, -0.15) is 0 Å². The van der Waals surface area contributed by atoms with Crippen LogP contribution in [0, 0.1) is 0 Å². The van der Waals surface area contributed by atoms with Crippen LogP contribution in [0.5, 0.6) is 0 Å². The first-order valence-corrected chi connectivity index (χ1v) is 7.79. The summed E-state index contributed by atoms with van der Waals surface area (Å²) < 4.78 is 13.0. The molecule has 0 saturated heterocycles. The number of hydrogen-bond acceptors (Lipinski definition) is 6. The van der Waals surface area contributed by atoms with E-state index in [1.807, 2.05) is 0 Å². The SMILES string of the molecule is COCCC[n+]1c(N)c(C(=O)OC)cc2c(=O)n3ccccc3nc21. The molecule has 0 saturated carbocycles. The quantitative estimate of drug-likeness (QED) is 0.314. The average molecular weight is 343 g/mol. The van der Waals surface area contributed by atoms with E-state index >= 15 is 0 Å². The van der Waals surface area contributed by atoms with E-state index in [4.69, 9.17) is 15.2 Å². The molecule has 2 N–H and O–H groups in total. The topological polar surface area (TPSA) is 99.8 Å². The van der Waals surface area contributed by atoms with Crippen LogP contribution in [0.3, 0.4) is 0 Å². The van der Waals surface area contributed by atoms with Gasteiger partial charge in [-0.05, 0) is 18.2 Å². The zero-order valence-corrected chi connectivity index (χ0v) is 14.1. The highest BCUT2D eigenvalue weighted by Crippen LogP contribution is 2.15. The number of methoxy groups -OCH3 is 2. The van der Waals surface area contributed by atoms with Crippen molar-refractivity contribution in [1.29, 1.82) is 0 Å². The molecular formula is C17H19N4O4+. The molecule has 3 aromatic heterocycles. The predicted molar refractivity (Wildman–Crippen MR) is 91.4 cm³/mol. The van der Waals surface area contributed by atoms with Crippen LogP contribution >= 0.6 is 0 Å². The molecule has 8 nitrogen and oxygen atoms in total. The highest BCUT2D eigenvalue weighted by atomic mass is 16.5. The Hall–Kier alpha value is -3.00. The van der Waals surface area contributed by atoms with Crippen molar-refractivity contribution >= 4 is 28.5 Å². The maximum Gasteiger partial charge on any atom is 0.344 e. The molecule has 8 heteroatoms. The number of rotatable bonds is 5. The van der Waals surface area contributed by atoms with Gasteiger partial charge >= 0.3 is 5.97 Å². The Labute approximate surface area is 143 Å². The van der Waals surface area contributed by atoms with Crippen LogP contribution in [0.4, 0.5) is 5.82 Å². The zero-order valence-electron chi connectivity index (χ0n) is 14.1. The van der Waals surface area contributed by atoms with Gasteiger partial charge in [0, 0.05) is 26.3 Å². The number of pyridine rings is 2. The van der Waals surface area contributed by atoms with Crippen molar-refractivity contribution in [3.05, 3.63) is 46.4 Å². The van der Waals surface area contributed by atoms with Gasteiger partial charge in [0.15, 0.2) is 0 Å². The van der Waals surface area contributed by atoms with Crippen LogP contribution in [0.2, 0.25) is 0 Å². The molecule has 0 fully saturated rings. The zero-order chi connectivity index (χ0) is 18.0. The minimum Gasteiger partial charge on any atom is -0.465 e. The van der Waals surface area contributed by atoms with Crippen molar-refractivity contribution < 1.29 is 18.8 Å². The monoisotopic (exact) mass is 343 g/mol. The van der Waals surface area contributed by atoms with E-state index in [9.17, 15) is 9.59 Å².